The molecule has 0 aliphatic heterocycles. The van der Waals surface area contributed by atoms with Crippen LogP contribution in [0.4, 0.5) is 0 Å². The maximum absolute atomic E-state index is 5.89. The first-order chi connectivity index (χ1) is 8.50. The average molecular weight is 243 g/mol. The summed E-state index contributed by atoms with van der Waals surface area (Å²) in [5.41, 5.74) is 8.21. The van der Waals surface area contributed by atoms with Gasteiger partial charge in [0.25, 0.3) is 0 Å². The van der Waals surface area contributed by atoms with Crippen molar-refractivity contribution in [3.05, 3.63) is 47.7 Å². The van der Waals surface area contributed by atoms with Gasteiger partial charge < -0.3 is 10.2 Å². The second-order valence-electron chi connectivity index (χ2n) is 5.68. The van der Waals surface area contributed by atoms with Gasteiger partial charge in [0.1, 0.15) is 11.5 Å². The smallest absolute Gasteiger partial charge is 0.134 e. The molecule has 0 fully saturated rings. The molecule has 1 heterocycles. The maximum Gasteiger partial charge on any atom is 0.134 e. The monoisotopic (exact) mass is 243 g/mol. The third-order valence-corrected chi connectivity index (χ3v) is 3.20. The Balaban J connectivity index is 2.18. The van der Waals surface area contributed by atoms with Crippen LogP contribution in [-0.2, 0) is 6.42 Å². The van der Waals surface area contributed by atoms with Crippen LogP contribution in [0.5, 0.6) is 0 Å². The van der Waals surface area contributed by atoms with E-state index < -0.39 is 0 Å². The highest BCUT2D eigenvalue weighted by atomic mass is 16.3. The molecule has 2 heteroatoms. The summed E-state index contributed by atoms with van der Waals surface area (Å²) >= 11 is 0. The molecule has 0 aliphatic carbocycles. The van der Waals surface area contributed by atoms with Gasteiger partial charge >= 0.3 is 0 Å². The fraction of sp³-hybridized carbons (Fsp3) is 0.375. The second-order valence-corrected chi connectivity index (χ2v) is 5.68. The van der Waals surface area contributed by atoms with Crippen molar-refractivity contribution < 1.29 is 4.42 Å². The van der Waals surface area contributed by atoms with Crippen molar-refractivity contribution in [3.63, 3.8) is 0 Å². The molecule has 2 nitrogen and oxygen atoms in total. The van der Waals surface area contributed by atoms with Crippen LogP contribution in [0.3, 0.4) is 0 Å². The summed E-state index contributed by atoms with van der Waals surface area (Å²) in [6.07, 6.45) is 0.870. The summed E-state index contributed by atoms with van der Waals surface area (Å²) in [6, 6.07) is 12.5. The number of aryl methyl sites for hydroxylation is 1. The molecular weight excluding hydrogens is 222 g/mol. The largest absolute Gasteiger partial charge is 0.461 e. The summed E-state index contributed by atoms with van der Waals surface area (Å²) in [5, 5.41) is 0. The first-order valence-electron chi connectivity index (χ1n) is 6.36. The van der Waals surface area contributed by atoms with Gasteiger partial charge in [0, 0.05) is 12.0 Å². The van der Waals surface area contributed by atoms with E-state index in [-0.39, 0.29) is 5.41 Å². The lowest BCUT2D eigenvalue weighted by molar-refractivity contribution is 0.341. The number of hydrogen-bond donors (Lipinski definition) is 1. The topological polar surface area (TPSA) is 39.2 Å². The predicted octanol–water partition coefficient (Wildman–Crippen LogP) is 3.78. The van der Waals surface area contributed by atoms with Gasteiger partial charge in [-0.1, -0.05) is 43.7 Å². The van der Waals surface area contributed by atoms with Crippen LogP contribution < -0.4 is 5.73 Å². The van der Waals surface area contributed by atoms with Crippen LogP contribution in [0.2, 0.25) is 0 Å². The molecule has 96 valence electrons. The molecule has 0 saturated carbocycles. The van der Waals surface area contributed by atoms with Crippen molar-refractivity contribution in [2.24, 2.45) is 11.1 Å². The Morgan fingerprint density at radius 3 is 2.33 bits per heavy atom. The van der Waals surface area contributed by atoms with E-state index in [0.717, 1.165) is 23.5 Å². The van der Waals surface area contributed by atoms with Crippen LogP contribution in [0.1, 0.15) is 25.2 Å². The van der Waals surface area contributed by atoms with E-state index in [1.54, 1.807) is 0 Å². The first-order valence-corrected chi connectivity index (χ1v) is 6.36. The molecule has 0 saturated heterocycles. The highest BCUT2D eigenvalue weighted by molar-refractivity contribution is 5.57. The Morgan fingerprint density at radius 1 is 1.06 bits per heavy atom. The predicted molar refractivity (Wildman–Crippen MR) is 75.4 cm³/mol. The average Bonchev–Trinajstić information content (AvgIpc) is 2.78. The number of rotatable bonds is 4. The van der Waals surface area contributed by atoms with E-state index in [2.05, 4.69) is 45.0 Å². The molecule has 0 spiro atoms. The lowest BCUT2D eigenvalue weighted by atomic mass is 9.88. The van der Waals surface area contributed by atoms with Crippen molar-refractivity contribution in [3.8, 4) is 11.3 Å². The Morgan fingerprint density at radius 2 is 1.72 bits per heavy atom. The zero-order chi connectivity index (χ0) is 13.2. The summed E-state index contributed by atoms with van der Waals surface area (Å²) in [7, 11) is 0. The summed E-state index contributed by atoms with van der Waals surface area (Å²) in [6.45, 7) is 7.05. The zero-order valence-corrected chi connectivity index (χ0v) is 11.4. The minimum Gasteiger partial charge on any atom is -0.461 e. The van der Waals surface area contributed by atoms with Crippen LogP contribution in [0.15, 0.2) is 40.8 Å². The minimum absolute atomic E-state index is 0.0857. The van der Waals surface area contributed by atoms with Gasteiger partial charge in [0.15, 0.2) is 0 Å². The highest BCUT2D eigenvalue weighted by Crippen LogP contribution is 2.26. The van der Waals surface area contributed by atoms with Gasteiger partial charge in [-0.2, -0.15) is 0 Å². The van der Waals surface area contributed by atoms with Gasteiger partial charge in [-0.15, -0.1) is 0 Å². The third kappa shape index (κ3) is 3.02. The number of nitrogens with two attached hydrogens (primary N) is 1. The van der Waals surface area contributed by atoms with Crippen LogP contribution in [0, 0.1) is 12.3 Å². The van der Waals surface area contributed by atoms with Gasteiger partial charge in [0.2, 0.25) is 0 Å². The van der Waals surface area contributed by atoms with E-state index in [0.29, 0.717) is 6.54 Å². The standard InChI is InChI=1S/C16H21NO/c1-12-4-6-13(7-5-12)15-9-8-14(18-15)10-16(2,3)11-17/h4-9H,10-11,17H2,1-3H3. The third-order valence-electron chi connectivity index (χ3n) is 3.20. The molecule has 2 N–H and O–H groups in total. The zero-order valence-electron chi connectivity index (χ0n) is 11.4. The fourth-order valence-electron chi connectivity index (χ4n) is 1.89. The highest BCUT2D eigenvalue weighted by Gasteiger charge is 2.18. The number of furan rings is 1. The lowest BCUT2D eigenvalue weighted by Crippen LogP contribution is -2.25. The molecule has 2 rings (SSSR count). The summed E-state index contributed by atoms with van der Waals surface area (Å²) in [5.74, 6) is 1.93. The van der Waals surface area contributed by atoms with Crippen LogP contribution >= 0.6 is 0 Å². The summed E-state index contributed by atoms with van der Waals surface area (Å²) in [4.78, 5) is 0. The molecule has 0 amide bonds. The Kier molecular flexibility index (Phi) is 3.58. The normalized spacial score (nSPS) is 11.8. The van der Waals surface area contributed by atoms with E-state index in [1.165, 1.54) is 5.56 Å². The SMILES string of the molecule is Cc1ccc(-c2ccc(CC(C)(C)CN)o2)cc1. The Hall–Kier alpha value is -1.54. The van der Waals surface area contributed by atoms with Gasteiger partial charge in [-0.3, -0.25) is 0 Å². The molecule has 0 aliphatic rings. The van der Waals surface area contributed by atoms with Crippen LogP contribution in [-0.4, -0.2) is 6.54 Å². The maximum atomic E-state index is 5.89. The van der Waals surface area contributed by atoms with Crippen molar-refractivity contribution in [1.82, 2.24) is 0 Å². The molecule has 0 atom stereocenters. The number of benzene rings is 1. The molecular formula is C16H21NO. The van der Waals surface area contributed by atoms with Gasteiger partial charge in [-0.25, -0.2) is 0 Å². The van der Waals surface area contributed by atoms with Crippen molar-refractivity contribution >= 4 is 0 Å². The van der Waals surface area contributed by atoms with Crippen LogP contribution in [0.25, 0.3) is 11.3 Å². The van der Waals surface area contributed by atoms with E-state index in [1.807, 2.05) is 12.1 Å². The van der Waals surface area contributed by atoms with Crippen molar-refractivity contribution in [2.75, 3.05) is 6.54 Å². The molecule has 18 heavy (non-hydrogen) atoms. The number of hydrogen-bond acceptors (Lipinski definition) is 2. The second kappa shape index (κ2) is 4.99. The fourth-order valence-corrected chi connectivity index (χ4v) is 1.89. The van der Waals surface area contributed by atoms with E-state index in [4.69, 9.17) is 10.2 Å². The first kappa shape index (κ1) is 12.9. The van der Waals surface area contributed by atoms with Crippen molar-refractivity contribution in [2.45, 2.75) is 27.2 Å². The lowest BCUT2D eigenvalue weighted by Gasteiger charge is -2.20. The van der Waals surface area contributed by atoms with E-state index in [9.17, 15) is 0 Å². The molecule has 0 radical (unpaired) electrons. The molecule has 0 bridgehead atoms. The van der Waals surface area contributed by atoms with Crippen molar-refractivity contribution in [1.29, 1.82) is 0 Å². The quantitative estimate of drug-likeness (QED) is 0.887. The molecule has 1 aromatic carbocycles. The molecule has 0 unspecified atom stereocenters. The summed E-state index contributed by atoms with van der Waals surface area (Å²) < 4.78 is 5.89. The van der Waals surface area contributed by atoms with Gasteiger partial charge in [0.05, 0.1) is 0 Å². The molecule has 1 aromatic heterocycles. The van der Waals surface area contributed by atoms with Gasteiger partial charge in [-0.05, 0) is 31.0 Å². The molecule has 2 aromatic rings. The minimum atomic E-state index is 0.0857. The Labute approximate surface area is 109 Å². The van der Waals surface area contributed by atoms with E-state index >= 15 is 0 Å². The Bertz CT molecular complexity index is 508.